The Balaban J connectivity index is 1.56. The van der Waals surface area contributed by atoms with Gasteiger partial charge < -0.3 is 14.4 Å². The van der Waals surface area contributed by atoms with Crippen LogP contribution in [0.15, 0.2) is 41.1 Å². The number of carbonyl (C=O) groups excluding carboxylic acids is 1. The maximum Gasteiger partial charge on any atom is 0.227 e. The van der Waals surface area contributed by atoms with Crippen molar-refractivity contribution < 1.29 is 9.32 Å². The fraction of sp³-hybridized carbons (Fsp3) is 0.333. The lowest BCUT2D eigenvalue weighted by molar-refractivity contribution is -0.131. The van der Waals surface area contributed by atoms with Gasteiger partial charge in [0.2, 0.25) is 5.91 Å². The highest BCUT2D eigenvalue weighted by Gasteiger charge is 2.32. The maximum atomic E-state index is 12.8. The molecule has 2 aromatic heterocycles. The molecule has 5 nitrogen and oxygen atoms in total. The Hall–Kier alpha value is -2.56. The predicted octanol–water partition coefficient (Wildman–Crippen LogP) is 3.37. The van der Waals surface area contributed by atoms with Crippen molar-refractivity contribution >= 4 is 16.8 Å². The average molecular weight is 309 g/mol. The van der Waals surface area contributed by atoms with Crippen LogP contribution in [0.4, 0.5) is 0 Å². The molecule has 0 radical (unpaired) electrons. The van der Waals surface area contributed by atoms with Gasteiger partial charge in [-0.15, -0.1) is 0 Å². The summed E-state index contributed by atoms with van der Waals surface area (Å²) in [7, 11) is 0. The molecular weight excluding hydrogens is 290 g/mol. The molecule has 1 aliphatic heterocycles. The standard InChI is InChI=1S/C18H19N3O2/c1-12-9-16(20-23-12)17-7-4-8-21(17)18(22)10-13-11-19-15-6-3-2-5-14(13)15/h2-3,5-6,9,11,17,19H,4,7-8,10H2,1H3/t17-/m0/s1. The Labute approximate surface area is 134 Å². The molecule has 1 saturated heterocycles. The Kier molecular flexibility index (Phi) is 3.41. The molecule has 0 aliphatic carbocycles. The molecule has 0 bridgehead atoms. The van der Waals surface area contributed by atoms with E-state index in [1.807, 2.05) is 42.3 Å². The Bertz CT molecular complexity index is 849. The first-order chi connectivity index (χ1) is 11.2. The Morgan fingerprint density at radius 1 is 1.43 bits per heavy atom. The van der Waals surface area contributed by atoms with E-state index in [1.165, 1.54) is 0 Å². The SMILES string of the molecule is Cc1cc([C@@H]2CCCN2C(=O)Cc2c[nH]c3ccccc23)no1. The fourth-order valence-corrected chi connectivity index (χ4v) is 3.46. The van der Waals surface area contributed by atoms with E-state index in [0.717, 1.165) is 47.3 Å². The molecule has 1 fully saturated rings. The molecule has 1 N–H and O–H groups in total. The summed E-state index contributed by atoms with van der Waals surface area (Å²) in [5.41, 5.74) is 2.99. The van der Waals surface area contributed by atoms with Gasteiger partial charge in [0, 0.05) is 29.7 Å². The van der Waals surface area contributed by atoms with Crippen LogP contribution in [-0.4, -0.2) is 27.5 Å². The second-order valence-electron chi connectivity index (χ2n) is 6.14. The molecular formula is C18H19N3O2. The number of aromatic nitrogens is 2. The van der Waals surface area contributed by atoms with Gasteiger partial charge in [-0.05, 0) is 31.4 Å². The number of H-pyrrole nitrogens is 1. The number of benzene rings is 1. The molecule has 0 unspecified atom stereocenters. The van der Waals surface area contributed by atoms with Gasteiger partial charge in [-0.1, -0.05) is 23.4 Å². The van der Waals surface area contributed by atoms with Crippen LogP contribution in [0.2, 0.25) is 0 Å². The molecule has 1 aliphatic rings. The highest BCUT2D eigenvalue weighted by Crippen LogP contribution is 2.32. The lowest BCUT2D eigenvalue weighted by Crippen LogP contribution is -2.31. The van der Waals surface area contributed by atoms with Gasteiger partial charge in [0.1, 0.15) is 11.5 Å². The minimum atomic E-state index is 0.0464. The Morgan fingerprint density at radius 3 is 3.13 bits per heavy atom. The summed E-state index contributed by atoms with van der Waals surface area (Å²) in [6, 6.07) is 10.1. The maximum absolute atomic E-state index is 12.8. The van der Waals surface area contributed by atoms with Crippen LogP contribution in [0.1, 0.15) is 35.9 Å². The van der Waals surface area contributed by atoms with Crippen molar-refractivity contribution in [1.29, 1.82) is 0 Å². The quantitative estimate of drug-likeness (QED) is 0.807. The van der Waals surface area contributed by atoms with E-state index in [4.69, 9.17) is 4.52 Å². The summed E-state index contributed by atoms with van der Waals surface area (Å²) in [6.07, 6.45) is 4.31. The number of nitrogens with zero attached hydrogens (tertiary/aromatic N) is 2. The normalized spacial score (nSPS) is 18.0. The van der Waals surface area contributed by atoms with Crippen molar-refractivity contribution in [2.45, 2.75) is 32.2 Å². The van der Waals surface area contributed by atoms with E-state index in [1.54, 1.807) is 0 Å². The van der Waals surface area contributed by atoms with E-state index >= 15 is 0 Å². The van der Waals surface area contributed by atoms with Crippen LogP contribution in [0.5, 0.6) is 0 Å². The van der Waals surface area contributed by atoms with E-state index in [-0.39, 0.29) is 11.9 Å². The molecule has 1 aromatic carbocycles. The summed E-state index contributed by atoms with van der Waals surface area (Å²) < 4.78 is 5.18. The number of carbonyl (C=O) groups is 1. The van der Waals surface area contributed by atoms with E-state index in [2.05, 4.69) is 16.2 Å². The van der Waals surface area contributed by atoms with Crippen molar-refractivity contribution in [2.24, 2.45) is 0 Å². The van der Waals surface area contributed by atoms with Crippen molar-refractivity contribution in [3.63, 3.8) is 0 Å². The third-order valence-corrected chi connectivity index (χ3v) is 4.58. The molecule has 0 saturated carbocycles. The fourth-order valence-electron chi connectivity index (χ4n) is 3.46. The van der Waals surface area contributed by atoms with Crippen molar-refractivity contribution in [3.8, 4) is 0 Å². The third-order valence-electron chi connectivity index (χ3n) is 4.58. The molecule has 5 heteroatoms. The average Bonchev–Trinajstić information content (AvgIpc) is 3.26. The molecule has 0 spiro atoms. The highest BCUT2D eigenvalue weighted by atomic mass is 16.5. The first-order valence-corrected chi connectivity index (χ1v) is 8.00. The molecule has 23 heavy (non-hydrogen) atoms. The number of fused-ring (bicyclic) bond motifs is 1. The molecule has 1 atom stereocenters. The zero-order valence-electron chi connectivity index (χ0n) is 13.1. The van der Waals surface area contributed by atoms with E-state index in [9.17, 15) is 4.79 Å². The number of aromatic amines is 1. The van der Waals surface area contributed by atoms with Crippen LogP contribution < -0.4 is 0 Å². The summed E-state index contributed by atoms with van der Waals surface area (Å²) in [5.74, 6) is 0.939. The monoisotopic (exact) mass is 309 g/mol. The van der Waals surface area contributed by atoms with Crippen molar-refractivity contribution in [3.05, 3.63) is 53.5 Å². The smallest absolute Gasteiger partial charge is 0.227 e. The first kappa shape index (κ1) is 14.1. The topological polar surface area (TPSA) is 62.1 Å². The van der Waals surface area contributed by atoms with Crippen LogP contribution >= 0.6 is 0 Å². The van der Waals surface area contributed by atoms with Crippen molar-refractivity contribution in [1.82, 2.24) is 15.0 Å². The minimum absolute atomic E-state index is 0.0464. The lowest BCUT2D eigenvalue weighted by Gasteiger charge is -2.23. The second kappa shape index (κ2) is 5.57. The van der Waals surface area contributed by atoms with Crippen LogP contribution in [0.25, 0.3) is 10.9 Å². The van der Waals surface area contributed by atoms with Gasteiger partial charge >= 0.3 is 0 Å². The number of hydrogen-bond donors (Lipinski definition) is 1. The van der Waals surface area contributed by atoms with Gasteiger partial charge in [-0.25, -0.2) is 0 Å². The lowest BCUT2D eigenvalue weighted by atomic mass is 10.1. The third kappa shape index (κ3) is 2.52. The number of rotatable bonds is 3. The zero-order chi connectivity index (χ0) is 15.8. The van der Waals surface area contributed by atoms with Crippen LogP contribution in [-0.2, 0) is 11.2 Å². The Morgan fingerprint density at radius 2 is 2.30 bits per heavy atom. The van der Waals surface area contributed by atoms with Gasteiger partial charge in [0.05, 0.1) is 12.5 Å². The van der Waals surface area contributed by atoms with Gasteiger partial charge in [-0.3, -0.25) is 4.79 Å². The van der Waals surface area contributed by atoms with Gasteiger partial charge in [0.15, 0.2) is 0 Å². The zero-order valence-corrected chi connectivity index (χ0v) is 13.1. The number of amides is 1. The van der Waals surface area contributed by atoms with Crippen LogP contribution in [0.3, 0.4) is 0 Å². The van der Waals surface area contributed by atoms with E-state index in [0.29, 0.717) is 6.42 Å². The number of nitrogens with one attached hydrogen (secondary N) is 1. The summed E-state index contributed by atoms with van der Waals surface area (Å²) in [5, 5.41) is 5.22. The summed E-state index contributed by atoms with van der Waals surface area (Å²) >= 11 is 0. The minimum Gasteiger partial charge on any atom is -0.361 e. The largest absolute Gasteiger partial charge is 0.361 e. The summed E-state index contributed by atoms with van der Waals surface area (Å²) in [4.78, 5) is 18.0. The predicted molar refractivity (Wildman–Crippen MR) is 86.9 cm³/mol. The number of aryl methyl sites for hydroxylation is 1. The number of para-hydroxylation sites is 1. The number of likely N-dealkylation sites (tertiary alicyclic amines) is 1. The van der Waals surface area contributed by atoms with Gasteiger partial charge in [-0.2, -0.15) is 0 Å². The first-order valence-electron chi connectivity index (χ1n) is 8.00. The van der Waals surface area contributed by atoms with Crippen molar-refractivity contribution in [2.75, 3.05) is 6.54 Å². The molecule has 3 aromatic rings. The van der Waals surface area contributed by atoms with Gasteiger partial charge in [0.25, 0.3) is 0 Å². The molecule has 4 rings (SSSR count). The molecule has 118 valence electrons. The van der Waals surface area contributed by atoms with Crippen LogP contribution in [0, 0.1) is 6.92 Å². The van der Waals surface area contributed by atoms with E-state index < -0.39 is 0 Å². The second-order valence-corrected chi connectivity index (χ2v) is 6.14. The highest BCUT2D eigenvalue weighted by molar-refractivity contribution is 5.89. The molecule has 3 heterocycles. The number of hydrogen-bond acceptors (Lipinski definition) is 3. The molecule has 1 amide bonds. The summed E-state index contributed by atoms with van der Waals surface area (Å²) in [6.45, 7) is 2.67.